The van der Waals surface area contributed by atoms with Crippen LogP contribution in [0, 0.1) is 11.6 Å². The van der Waals surface area contributed by atoms with Crippen molar-refractivity contribution < 1.29 is 18.3 Å². The molecule has 0 unspecified atom stereocenters. The Bertz CT molecular complexity index is 436. The summed E-state index contributed by atoms with van der Waals surface area (Å²) in [5, 5.41) is 0. The molecule has 1 aromatic rings. The van der Waals surface area contributed by atoms with Gasteiger partial charge in [-0.3, -0.25) is 0 Å². The summed E-state index contributed by atoms with van der Waals surface area (Å²) < 4.78 is 30.8. The molecule has 1 saturated heterocycles. The number of nitrogens with zero attached hydrogens (tertiary/aromatic N) is 1. The van der Waals surface area contributed by atoms with Gasteiger partial charge in [-0.25, -0.2) is 13.6 Å². The van der Waals surface area contributed by atoms with Gasteiger partial charge in [-0.2, -0.15) is 0 Å². The summed E-state index contributed by atoms with van der Waals surface area (Å²) in [5.41, 5.74) is 0.462. The number of ether oxygens (including phenoxy) is 1. The van der Waals surface area contributed by atoms with Crippen molar-refractivity contribution in [3.63, 3.8) is 0 Å². The quantitative estimate of drug-likeness (QED) is 0.737. The first kappa shape index (κ1) is 10.9. The summed E-state index contributed by atoms with van der Waals surface area (Å²) in [5.74, 6) is -1.84. The molecule has 0 aliphatic carbocycles. The molecule has 0 radical (unpaired) electrons. The van der Waals surface area contributed by atoms with Gasteiger partial charge in [0.05, 0.1) is 6.04 Å². The fourth-order valence-corrected chi connectivity index (χ4v) is 1.70. The van der Waals surface area contributed by atoms with E-state index in [1.54, 1.807) is 14.0 Å². The molecule has 0 spiro atoms. The molecular formula is C11H11F2NO2. The summed E-state index contributed by atoms with van der Waals surface area (Å²) in [4.78, 5) is 12.7. The lowest BCUT2D eigenvalue weighted by molar-refractivity contribution is 0.131. The van der Waals surface area contributed by atoms with Crippen LogP contribution < -0.4 is 0 Å². The molecule has 2 rings (SSSR count). The molecule has 5 heteroatoms. The van der Waals surface area contributed by atoms with Crippen LogP contribution in [0.3, 0.4) is 0 Å². The van der Waals surface area contributed by atoms with E-state index in [1.807, 2.05) is 0 Å². The van der Waals surface area contributed by atoms with Crippen molar-refractivity contribution in [3.05, 3.63) is 35.4 Å². The Morgan fingerprint density at radius 3 is 2.50 bits per heavy atom. The number of rotatable bonds is 1. The van der Waals surface area contributed by atoms with E-state index in [0.29, 0.717) is 5.56 Å². The summed E-state index contributed by atoms with van der Waals surface area (Å²) in [6, 6.07) is 3.32. The van der Waals surface area contributed by atoms with Gasteiger partial charge >= 0.3 is 6.09 Å². The Balaban J connectivity index is 2.32. The first-order chi connectivity index (χ1) is 7.50. The van der Waals surface area contributed by atoms with Crippen molar-refractivity contribution >= 4 is 6.09 Å². The molecule has 0 aromatic heterocycles. The van der Waals surface area contributed by atoms with Crippen LogP contribution in [0.4, 0.5) is 13.6 Å². The zero-order chi connectivity index (χ0) is 11.9. The number of likely N-dealkylation sites (N-methyl/N-ethyl adjacent to an activating group) is 1. The predicted molar refractivity (Wildman–Crippen MR) is 52.8 cm³/mol. The third kappa shape index (κ3) is 1.62. The maximum atomic E-state index is 13.0. The van der Waals surface area contributed by atoms with E-state index in [-0.39, 0.29) is 6.04 Å². The molecule has 1 amide bonds. The van der Waals surface area contributed by atoms with Crippen molar-refractivity contribution in [2.24, 2.45) is 0 Å². The van der Waals surface area contributed by atoms with E-state index in [9.17, 15) is 13.6 Å². The second-order valence-electron chi connectivity index (χ2n) is 3.83. The molecule has 1 heterocycles. The number of benzene rings is 1. The molecule has 1 aromatic carbocycles. The van der Waals surface area contributed by atoms with E-state index in [0.717, 1.165) is 12.1 Å². The minimum atomic E-state index is -0.935. The fourth-order valence-electron chi connectivity index (χ4n) is 1.70. The Kier molecular flexibility index (Phi) is 2.53. The van der Waals surface area contributed by atoms with Crippen LogP contribution in [-0.2, 0) is 4.74 Å². The van der Waals surface area contributed by atoms with Gasteiger partial charge in [0.15, 0.2) is 11.6 Å². The number of carbonyl (C=O) groups is 1. The van der Waals surface area contributed by atoms with E-state index >= 15 is 0 Å². The first-order valence-electron chi connectivity index (χ1n) is 4.89. The normalized spacial score (nSPS) is 24.8. The number of hydrogen-bond donors (Lipinski definition) is 0. The Morgan fingerprint density at radius 1 is 1.31 bits per heavy atom. The topological polar surface area (TPSA) is 29.5 Å². The second kappa shape index (κ2) is 3.73. The highest BCUT2D eigenvalue weighted by molar-refractivity contribution is 5.70. The Hall–Kier alpha value is -1.65. The van der Waals surface area contributed by atoms with Crippen molar-refractivity contribution in [2.45, 2.75) is 19.1 Å². The molecule has 0 saturated carbocycles. The zero-order valence-corrected chi connectivity index (χ0v) is 8.91. The maximum Gasteiger partial charge on any atom is 0.410 e. The second-order valence-corrected chi connectivity index (χ2v) is 3.83. The molecule has 3 nitrogen and oxygen atoms in total. The standard InChI is InChI=1S/C11H11F2NO2/c1-6-10(16-11(15)14(6)2)7-3-4-8(12)9(13)5-7/h3-6,10H,1-2H3/t6-,10-/m0/s1. The number of hydrogen-bond acceptors (Lipinski definition) is 2. The minimum absolute atomic E-state index is 0.197. The van der Waals surface area contributed by atoms with Crippen molar-refractivity contribution in [3.8, 4) is 0 Å². The van der Waals surface area contributed by atoms with Crippen LogP contribution in [0.2, 0.25) is 0 Å². The van der Waals surface area contributed by atoms with Crippen molar-refractivity contribution in [1.29, 1.82) is 0 Å². The van der Waals surface area contributed by atoms with Crippen molar-refractivity contribution in [2.75, 3.05) is 7.05 Å². The molecule has 86 valence electrons. The molecule has 1 aliphatic rings. The maximum absolute atomic E-state index is 13.0. The van der Waals surface area contributed by atoms with Crippen LogP contribution >= 0.6 is 0 Å². The molecule has 1 aliphatic heterocycles. The van der Waals surface area contributed by atoms with Crippen LogP contribution in [-0.4, -0.2) is 24.1 Å². The lowest BCUT2D eigenvalue weighted by Gasteiger charge is -2.16. The molecule has 0 bridgehead atoms. The lowest BCUT2D eigenvalue weighted by atomic mass is 10.0. The highest BCUT2D eigenvalue weighted by Gasteiger charge is 2.37. The third-order valence-corrected chi connectivity index (χ3v) is 2.84. The van der Waals surface area contributed by atoms with E-state index < -0.39 is 23.8 Å². The van der Waals surface area contributed by atoms with Gasteiger partial charge in [0, 0.05) is 7.05 Å². The van der Waals surface area contributed by atoms with Gasteiger partial charge in [0.1, 0.15) is 6.10 Å². The first-order valence-corrected chi connectivity index (χ1v) is 4.89. The smallest absolute Gasteiger partial charge is 0.410 e. The van der Waals surface area contributed by atoms with E-state index in [1.165, 1.54) is 11.0 Å². The summed E-state index contributed by atoms with van der Waals surface area (Å²) in [6.07, 6.45) is -1.00. The highest BCUT2D eigenvalue weighted by Crippen LogP contribution is 2.31. The molecule has 1 fully saturated rings. The largest absolute Gasteiger partial charge is 0.439 e. The number of amides is 1. The summed E-state index contributed by atoms with van der Waals surface area (Å²) >= 11 is 0. The molecule has 0 N–H and O–H groups in total. The average Bonchev–Trinajstić information content (AvgIpc) is 2.50. The Labute approximate surface area is 91.6 Å². The van der Waals surface area contributed by atoms with E-state index in [4.69, 9.17) is 4.74 Å². The number of carbonyl (C=O) groups excluding carboxylic acids is 1. The van der Waals surface area contributed by atoms with Gasteiger partial charge < -0.3 is 9.64 Å². The van der Waals surface area contributed by atoms with Gasteiger partial charge in [-0.15, -0.1) is 0 Å². The zero-order valence-electron chi connectivity index (χ0n) is 8.91. The monoisotopic (exact) mass is 227 g/mol. The van der Waals surface area contributed by atoms with Gasteiger partial charge in [0.2, 0.25) is 0 Å². The Morgan fingerprint density at radius 2 is 2.00 bits per heavy atom. The summed E-state index contributed by atoms with van der Waals surface area (Å²) in [6.45, 7) is 1.79. The average molecular weight is 227 g/mol. The van der Waals surface area contributed by atoms with Crippen molar-refractivity contribution in [1.82, 2.24) is 4.90 Å². The predicted octanol–water partition coefficient (Wildman–Crippen LogP) is 2.48. The van der Waals surface area contributed by atoms with Gasteiger partial charge in [0.25, 0.3) is 0 Å². The van der Waals surface area contributed by atoms with Crippen LogP contribution in [0.5, 0.6) is 0 Å². The van der Waals surface area contributed by atoms with Crippen LogP contribution in [0.25, 0.3) is 0 Å². The van der Waals surface area contributed by atoms with Gasteiger partial charge in [-0.1, -0.05) is 6.07 Å². The van der Waals surface area contributed by atoms with Crippen LogP contribution in [0.1, 0.15) is 18.6 Å². The van der Waals surface area contributed by atoms with Gasteiger partial charge in [-0.05, 0) is 24.6 Å². The fraction of sp³-hybridized carbons (Fsp3) is 0.364. The molecule has 16 heavy (non-hydrogen) atoms. The minimum Gasteiger partial charge on any atom is -0.439 e. The third-order valence-electron chi connectivity index (χ3n) is 2.84. The number of cyclic esters (lactones) is 1. The highest BCUT2D eigenvalue weighted by atomic mass is 19.2. The van der Waals surface area contributed by atoms with Crippen LogP contribution in [0.15, 0.2) is 18.2 Å². The lowest BCUT2D eigenvalue weighted by Crippen LogP contribution is -2.27. The molecule has 2 atom stereocenters. The summed E-state index contributed by atoms with van der Waals surface area (Å²) in [7, 11) is 1.60. The molecular weight excluding hydrogens is 216 g/mol. The number of halogens is 2. The van der Waals surface area contributed by atoms with E-state index in [2.05, 4.69) is 0 Å². The SMILES string of the molecule is C[C@H]1[C@@H](c2ccc(F)c(F)c2)OC(=O)N1C.